The van der Waals surface area contributed by atoms with Gasteiger partial charge < -0.3 is 16.0 Å². The number of hydrogen-bond donors (Lipinski definition) is 2. The first-order valence-corrected chi connectivity index (χ1v) is 6.99. The molecule has 0 spiro atoms. The monoisotopic (exact) mass is 225 g/mol. The molecule has 3 nitrogen and oxygen atoms in total. The first-order chi connectivity index (χ1) is 7.83. The van der Waals surface area contributed by atoms with Crippen LogP contribution in [0.2, 0.25) is 0 Å². The second-order valence-corrected chi connectivity index (χ2v) is 5.49. The number of rotatable bonds is 5. The minimum atomic E-state index is 0.709. The van der Waals surface area contributed by atoms with E-state index in [1.807, 2.05) is 0 Å². The predicted octanol–water partition coefficient (Wildman–Crippen LogP) is 1.05. The predicted molar refractivity (Wildman–Crippen MR) is 68.4 cm³/mol. The zero-order valence-electron chi connectivity index (χ0n) is 10.6. The van der Waals surface area contributed by atoms with Crippen molar-refractivity contribution < 1.29 is 0 Å². The molecule has 0 aromatic carbocycles. The summed E-state index contributed by atoms with van der Waals surface area (Å²) in [5.41, 5.74) is 5.80. The highest BCUT2D eigenvalue weighted by molar-refractivity contribution is 4.85. The Hall–Kier alpha value is -0.120. The Kier molecular flexibility index (Phi) is 4.62. The van der Waals surface area contributed by atoms with Gasteiger partial charge in [-0.2, -0.15) is 0 Å². The van der Waals surface area contributed by atoms with Gasteiger partial charge in [0.25, 0.3) is 0 Å². The molecule has 2 fully saturated rings. The fraction of sp³-hybridized carbons (Fsp3) is 1.00. The highest BCUT2D eigenvalue weighted by Crippen LogP contribution is 2.25. The van der Waals surface area contributed by atoms with Crippen LogP contribution in [0.4, 0.5) is 0 Å². The molecule has 3 unspecified atom stereocenters. The summed E-state index contributed by atoms with van der Waals surface area (Å²) in [6, 6.07) is 0.709. The molecule has 3 atom stereocenters. The first kappa shape index (κ1) is 12.3. The molecule has 1 aliphatic carbocycles. The van der Waals surface area contributed by atoms with Crippen LogP contribution in [0.5, 0.6) is 0 Å². The molecule has 3 heteroatoms. The third kappa shape index (κ3) is 2.96. The van der Waals surface area contributed by atoms with Crippen LogP contribution in [0.15, 0.2) is 0 Å². The maximum Gasteiger partial charge on any atom is 0.0107 e. The lowest BCUT2D eigenvalue weighted by Crippen LogP contribution is -2.39. The molecule has 94 valence electrons. The van der Waals surface area contributed by atoms with Gasteiger partial charge in [0.2, 0.25) is 0 Å². The summed E-state index contributed by atoms with van der Waals surface area (Å²) in [6.07, 6.45) is 5.41. The zero-order valence-corrected chi connectivity index (χ0v) is 10.6. The summed E-state index contributed by atoms with van der Waals surface area (Å²) in [5.74, 6) is 1.61. The van der Waals surface area contributed by atoms with Crippen molar-refractivity contribution in [1.82, 2.24) is 10.2 Å². The van der Waals surface area contributed by atoms with Crippen molar-refractivity contribution in [3.05, 3.63) is 0 Å². The minimum Gasteiger partial charge on any atom is -0.330 e. The molecule has 2 rings (SSSR count). The maximum absolute atomic E-state index is 5.80. The Morgan fingerprint density at radius 1 is 1.31 bits per heavy atom. The van der Waals surface area contributed by atoms with Gasteiger partial charge in [0.05, 0.1) is 0 Å². The summed E-state index contributed by atoms with van der Waals surface area (Å²) < 4.78 is 0. The molecule has 0 aromatic heterocycles. The number of nitrogens with one attached hydrogen (secondary N) is 1. The van der Waals surface area contributed by atoms with Crippen LogP contribution in [0.25, 0.3) is 0 Å². The van der Waals surface area contributed by atoms with Gasteiger partial charge in [-0.1, -0.05) is 13.3 Å². The lowest BCUT2D eigenvalue weighted by Gasteiger charge is -2.22. The molecule has 0 amide bonds. The summed E-state index contributed by atoms with van der Waals surface area (Å²) in [7, 11) is 0. The van der Waals surface area contributed by atoms with Gasteiger partial charge in [0.15, 0.2) is 0 Å². The summed E-state index contributed by atoms with van der Waals surface area (Å²) >= 11 is 0. The summed E-state index contributed by atoms with van der Waals surface area (Å²) in [5, 5.41) is 3.76. The van der Waals surface area contributed by atoms with Crippen molar-refractivity contribution >= 4 is 0 Å². The van der Waals surface area contributed by atoms with Crippen molar-refractivity contribution in [2.24, 2.45) is 17.6 Å². The normalized spacial score (nSPS) is 36.0. The van der Waals surface area contributed by atoms with Gasteiger partial charge in [0, 0.05) is 12.6 Å². The van der Waals surface area contributed by atoms with E-state index in [-0.39, 0.29) is 0 Å². The lowest BCUT2D eigenvalue weighted by atomic mass is 10.0. The first-order valence-electron chi connectivity index (χ1n) is 6.99. The van der Waals surface area contributed by atoms with E-state index in [0.717, 1.165) is 18.4 Å². The lowest BCUT2D eigenvalue weighted by molar-refractivity contribution is 0.326. The van der Waals surface area contributed by atoms with Gasteiger partial charge in [0.1, 0.15) is 0 Å². The Morgan fingerprint density at radius 3 is 2.88 bits per heavy atom. The number of nitrogens with zero attached hydrogens (tertiary/aromatic N) is 1. The van der Waals surface area contributed by atoms with E-state index in [2.05, 4.69) is 17.1 Å². The van der Waals surface area contributed by atoms with Crippen LogP contribution in [0, 0.1) is 11.8 Å². The van der Waals surface area contributed by atoms with Gasteiger partial charge in [-0.05, 0) is 57.3 Å². The molecule has 1 aliphatic heterocycles. The average molecular weight is 225 g/mol. The van der Waals surface area contributed by atoms with Crippen LogP contribution >= 0.6 is 0 Å². The van der Waals surface area contributed by atoms with Crippen LogP contribution in [-0.4, -0.2) is 43.7 Å². The number of nitrogens with two attached hydrogens (primary N) is 1. The molecule has 3 N–H and O–H groups in total. The molecule has 0 bridgehead atoms. The van der Waals surface area contributed by atoms with Crippen molar-refractivity contribution in [3.63, 3.8) is 0 Å². The Labute approximate surface area is 99.8 Å². The fourth-order valence-electron chi connectivity index (χ4n) is 3.27. The molecule has 1 saturated carbocycles. The SMILES string of the molecule is CCN1CCC(CNC2CCCC2CN)C1. The topological polar surface area (TPSA) is 41.3 Å². The maximum atomic E-state index is 5.80. The minimum absolute atomic E-state index is 0.709. The Bertz CT molecular complexity index is 207. The van der Waals surface area contributed by atoms with E-state index in [4.69, 9.17) is 5.73 Å². The standard InChI is InChI=1S/C13H27N3/c1-2-16-7-6-11(10-16)9-15-13-5-3-4-12(13)8-14/h11-13,15H,2-10,14H2,1H3. The number of likely N-dealkylation sites (tertiary alicyclic amines) is 1. The van der Waals surface area contributed by atoms with E-state index in [1.165, 1.54) is 51.9 Å². The van der Waals surface area contributed by atoms with Crippen molar-refractivity contribution in [2.45, 2.75) is 38.6 Å². The van der Waals surface area contributed by atoms with Gasteiger partial charge in [-0.3, -0.25) is 0 Å². The zero-order chi connectivity index (χ0) is 11.4. The highest BCUT2D eigenvalue weighted by Gasteiger charge is 2.27. The highest BCUT2D eigenvalue weighted by atomic mass is 15.1. The van der Waals surface area contributed by atoms with Crippen molar-refractivity contribution in [1.29, 1.82) is 0 Å². The summed E-state index contributed by atoms with van der Waals surface area (Å²) in [4.78, 5) is 2.56. The van der Waals surface area contributed by atoms with Gasteiger partial charge in [-0.25, -0.2) is 0 Å². The molecule has 1 saturated heterocycles. The second-order valence-electron chi connectivity index (χ2n) is 5.49. The molecule has 1 heterocycles. The molecular formula is C13H27N3. The van der Waals surface area contributed by atoms with Crippen LogP contribution in [0.3, 0.4) is 0 Å². The molecule has 0 radical (unpaired) electrons. The summed E-state index contributed by atoms with van der Waals surface area (Å²) in [6.45, 7) is 8.14. The van der Waals surface area contributed by atoms with Gasteiger partial charge in [-0.15, -0.1) is 0 Å². The molecular weight excluding hydrogens is 198 g/mol. The third-order valence-electron chi connectivity index (χ3n) is 4.45. The van der Waals surface area contributed by atoms with E-state index >= 15 is 0 Å². The second kappa shape index (κ2) is 5.99. The average Bonchev–Trinajstić information content (AvgIpc) is 2.94. The Balaban J connectivity index is 1.67. The third-order valence-corrected chi connectivity index (χ3v) is 4.45. The molecule has 16 heavy (non-hydrogen) atoms. The molecule has 0 aromatic rings. The quantitative estimate of drug-likeness (QED) is 0.735. The van der Waals surface area contributed by atoms with E-state index < -0.39 is 0 Å². The van der Waals surface area contributed by atoms with Crippen molar-refractivity contribution in [2.75, 3.05) is 32.7 Å². The largest absolute Gasteiger partial charge is 0.330 e. The smallest absolute Gasteiger partial charge is 0.0107 e. The van der Waals surface area contributed by atoms with E-state index in [1.54, 1.807) is 0 Å². The fourth-order valence-corrected chi connectivity index (χ4v) is 3.27. The van der Waals surface area contributed by atoms with Crippen LogP contribution in [0.1, 0.15) is 32.6 Å². The Morgan fingerprint density at radius 2 is 2.19 bits per heavy atom. The van der Waals surface area contributed by atoms with Crippen molar-refractivity contribution in [3.8, 4) is 0 Å². The van der Waals surface area contributed by atoms with Crippen LogP contribution < -0.4 is 11.1 Å². The number of hydrogen-bond acceptors (Lipinski definition) is 3. The van der Waals surface area contributed by atoms with E-state index in [0.29, 0.717) is 6.04 Å². The van der Waals surface area contributed by atoms with Gasteiger partial charge >= 0.3 is 0 Å². The van der Waals surface area contributed by atoms with E-state index in [9.17, 15) is 0 Å². The molecule has 2 aliphatic rings. The van der Waals surface area contributed by atoms with Crippen LogP contribution in [-0.2, 0) is 0 Å².